The maximum atomic E-state index is 12.6. The first-order chi connectivity index (χ1) is 9.91. The van der Waals surface area contributed by atoms with Gasteiger partial charge in [-0.05, 0) is 30.4 Å². The van der Waals surface area contributed by atoms with E-state index in [9.17, 15) is 14.4 Å². The largest absolute Gasteiger partial charge is 0.299 e. The van der Waals surface area contributed by atoms with Crippen molar-refractivity contribution in [3.8, 4) is 0 Å². The van der Waals surface area contributed by atoms with Crippen LogP contribution in [0.15, 0.2) is 30.3 Å². The molecule has 3 rings (SSSR count). The van der Waals surface area contributed by atoms with E-state index in [0.29, 0.717) is 12.8 Å². The van der Waals surface area contributed by atoms with Crippen molar-refractivity contribution in [3.63, 3.8) is 0 Å². The zero-order chi connectivity index (χ0) is 15.3. The molecule has 1 aromatic carbocycles. The number of ketones is 2. The van der Waals surface area contributed by atoms with E-state index in [-0.39, 0.29) is 11.7 Å². The summed E-state index contributed by atoms with van der Waals surface area (Å²) in [4.78, 5) is 37.0. The number of hydrazine groups is 1. The lowest BCUT2D eigenvalue weighted by Gasteiger charge is -2.33. The van der Waals surface area contributed by atoms with Gasteiger partial charge in [0.05, 0.1) is 5.69 Å². The molecule has 1 amide bonds. The fourth-order valence-electron chi connectivity index (χ4n) is 3.84. The van der Waals surface area contributed by atoms with E-state index in [1.807, 2.05) is 44.2 Å². The Balaban J connectivity index is 1.83. The third-order valence-electron chi connectivity index (χ3n) is 5.19. The summed E-state index contributed by atoms with van der Waals surface area (Å²) in [5.41, 5.74) is 4.29. The molecule has 2 aliphatic carbocycles. The number of hydrogen-bond donors (Lipinski definition) is 2. The second-order valence-corrected chi connectivity index (χ2v) is 6.36. The van der Waals surface area contributed by atoms with Crippen LogP contribution in [0.2, 0.25) is 0 Å². The number of para-hydroxylation sites is 1. The Kier molecular flexibility index (Phi) is 2.90. The van der Waals surface area contributed by atoms with Crippen molar-refractivity contribution in [1.29, 1.82) is 0 Å². The smallest absolute Gasteiger partial charge is 0.253 e. The van der Waals surface area contributed by atoms with E-state index in [1.54, 1.807) is 0 Å². The number of rotatable bonds is 3. The summed E-state index contributed by atoms with van der Waals surface area (Å²) in [6.07, 6.45) is 1.05. The summed E-state index contributed by atoms with van der Waals surface area (Å²) in [5, 5.41) is 0. The average Bonchev–Trinajstić information content (AvgIpc) is 2.82. The number of hydrogen-bond acceptors (Lipinski definition) is 4. The number of anilines is 1. The highest BCUT2D eigenvalue weighted by atomic mass is 16.2. The molecule has 2 atom stereocenters. The molecule has 0 saturated heterocycles. The molecule has 0 unspecified atom stereocenters. The minimum Gasteiger partial charge on any atom is -0.299 e. The van der Waals surface area contributed by atoms with Gasteiger partial charge in [-0.1, -0.05) is 32.0 Å². The van der Waals surface area contributed by atoms with E-state index in [1.165, 1.54) is 0 Å². The Morgan fingerprint density at radius 3 is 2.43 bits per heavy atom. The zero-order valence-corrected chi connectivity index (χ0v) is 12.1. The van der Waals surface area contributed by atoms with Gasteiger partial charge in [0, 0.05) is 5.92 Å². The van der Waals surface area contributed by atoms with E-state index in [4.69, 9.17) is 0 Å². The quantitative estimate of drug-likeness (QED) is 0.504. The van der Waals surface area contributed by atoms with E-state index >= 15 is 0 Å². The molecule has 110 valence electrons. The summed E-state index contributed by atoms with van der Waals surface area (Å²) in [7, 11) is 0. The molecule has 5 heteroatoms. The summed E-state index contributed by atoms with van der Waals surface area (Å²) in [6, 6.07) is 9.17. The minimum atomic E-state index is -1.23. The predicted molar refractivity (Wildman–Crippen MR) is 77.2 cm³/mol. The Morgan fingerprint density at radius 2 is 1.86 bits per heavy atom. The molecule has 0 radical (unpaired) electrons. The standard InChI is InChI=1S/C16H18N2O3/c1-15(2)11-8-9-16(15,13(20)12(11)19)14(21)18-17-10-6-4-3-5-7-10/h3-7,11,17H,8-9H2,1-2H3,(H,18,21)/t11-,16+/m1/s1. The van der Waals surface area contributed by atoms with E-state index < -0.39 is 22.5 Å². The lowest BCUT2D eigenvalue weighted by molar-refractivity contribution is -0.148. The van der Waals surface area contributed by atoms with Crippen LogP contribution in [-0.2, 0) is 14.4 Å². The van der Waals surface area contributed by atoms with E-state index in [2.05, 4.69) is 10.9 Å². The lowest BCUT2D eigenvalue weighted by atomic mass is 9.68. The van der Waals surface area contributed by atoms with Crippen LogP contribution < -0.4 is 10.9 Å². The molecule has 0 heterocycles. The number of benzene rings is 1. The molecule has 1 aromatic rings. The van der Waals surface area contributed by atoms with Crippen molar-refractivity contribution < 1.29 is 14.4 Å². The van der Waals surface area contributed by atoms with Gasteiger partial charge in [0.15, 0.2) is 0 Å². The second kappa shape index (κ2) is 4.41. The number of carbonyl (C=O) groups is 3. The lowest BCUT2D eigenvalue weighted by Crippen LogP contribution is -2.51. The van der Waals surface area contributed by atoms with Crippen molar-refractivity contribution in [2.45, 2.75) is 26.7 Å². The van der Waals surface area contributed by atoms with Gasteiger partial charge in [-0.2, -0.15) is 0 Å². The fourth-order valence-corrected chi connectivity index (χ4v) is 3.84. The van der Waals surface area contributed by atoms with E-state index in [0.717, 1.165) is 5.69 Å². The normalized spacial score (nSPS) is 29.5. The Labute approximate surface area is 123 Å². The van der Waals surface area contributed by atoms with Crippen molar-refractivity contribution in [2.24, 2.45) is 16.7 Å². The number of nitrogens with one attached hydrogen (secondary N) is 2. The van der Waals surface area contributed by atoms with Gasteiger partial charge >= 0.3 is 0 Å². The number of fused-ring (bicyclic) bond motifs is 2. The third-order valence-corrected chi connectivity index (χ3v) is 5.19. The van der Waals surface area contributed by atoms with Gasteiger partial charge in [0.2, 0.25) is 11.6 Å². The third kappa shape index (κ3) is 1.66. The monoisotopic (exact) mass is 286 g/mol. The fraction of sp³-hybridized carbons (Fsp3) is 0.438. The van der Waals surface area contributed by atoms with Crippen molar-refractivity contribution in [1.82, 2.24) is 5.43 Å². The predicted octanol–water partition coefficient (Wildman–Crippen LogP) is 1.70. The Hall–Kier alpha value is -2.17. The molecule has 2 saturated carbocycles. The molecule has 21 heavy (non-hydrogen) atoms. The van der Waals surface area contributed by atoms with Crippen molar-refractivity contribution >= 4 is 23.2 Å². The first-order valence-electron chi connectivity index (χ1n) is 7.11. The molecule has 5 nitrogen and oxygen atoms in total. The topological polar surface area (TPSA) is 75.3 Å². The van der Waals surface area contributed by atoms with Gasteiger partial charge in [0.25, 0.3) is 5.91 Å². The van der Waals surface area contributed by atoms with Crippen LogP contribution in [0.4, 0.5) is 5.69 Å². The maximum Gasteiger partial charge on any atom is 0.253 e. The highest BCUT2D eigenvalue weighted by Crippen LogP contribution is 2.62. The first-order valence-corrected chi connectivity index (χ1v) is 7.11. The van der Waals surface area contributed by atoms with Crippen LogP contribution in [0.5, 0.6) is 0 Å². The molecule has 2 bridgehead atoms. The second-order valence-electron chi connectivity index (χ2n) is 6.36. The van der Waals surface area contributed by atoms with Crippen LogP contribution in [0.1, 0.15) is 26.7 Å². The average molecular weight is 286 g/mol. The van der Waals surface area contributed by atoms with Gasteiger partial charge in [-0.3, -0.25) is 25.2 Å². The van der Waals surface area contributed by atoms with Crippen LogP contribution >= 0.6 is 0 Å². The Bertz CT molecular complexity index is 624. The van der Waals surface area contributed by atoms with Crippen LogP contribution in [0.25, 0.3) is 0 Å². The molecular formula is C16H18N2O3. The van der Waals surface area contributed by atoms with Crippen LogP contribution in [0.3, 0.4) is 0 Å². The van der Waals surface area contributed by atoms with Crippen LogP contribution in [-0.4, -0.2) is 17.5 Å². The first kappa shape index (κ1) is 13.8. The Morgan fingerprint density at radius 1 is 1.19 bits per heavy atom. The van der Waals surface area contributed by atoms with Gasteiger partial charge in [-0.25, -0.2) is 0 Å². The number of carbonyl (C=O) groups excluding carboxylic acids is 3. The minimum absolute atomic E-state index is 0.326. The molecule has 2 fully saturated rings. The molecule has 2 N–H and O–H groups in total. The van der Waals surface area contributed by atoms with Crippen molar-refractivity contribution in [2.75, 3.05) is 5.43 Å². The SMILES string of the molecule is CC1(C)[C@@H]2CC[C@@]1(C(=O)NNc1ccccc1)C(=O)C2=O. The summed E-state index contributed by atoms with van der Waals surface area (Å²) >= 11 is 0. The molecule has 0 aliphatic heterocycles. The summed E-state index contributed by atoms with van der Waals surface area (Å²) < 4.78 is 0. The highest BCUT2D eigenvalue weighted by molar-refractivity contribution is 6.47. The maximum absolute atomic E-state index is 12.6. The van der Waals surface area contributed by atoms with Gasteiger partial charge in [0.1, 0.15) is 5.41 Å². The summed E-state index contributed by atoms with van der Waals surface area (Å²) in [5.74, 6) is -1.65. The number of Topliss-reactive ketones (excluding diaryl/α,β-unsaturated/α-hetero) is 2. The molecular weight excluding hydrogens is 268 g/mol. The molecule has 0 spiro atoms. The van der Waals surface area contributed by atoms with Crippen LogP contribution in [0, 0.1) is 16.7 Å². The van der Waals surface area contributed by atoms with Gasteiger partial charge < -0.3 is 0 Å². The highest BCUT2D eigenvalue weighted by Gasteiger charge is 2.72. The number of amides is 1. The zero-order valence-electron chi connectivity index (χ0n) is 12.1. The van der Waals surface area contributed by atoms with Crippen molar-refractivity contribution in [3.05, 3.63) is 30.3 Å². The molecule has 0 aromatic heterocycles. The van der Waals surface area contributed by atoms with Gasteiger partial charge in [-0.15, -0.1) is 0 Å². The molecule has 2 aliphatic rings. The summed E-state index contributed by atoms with van der Waals surface area (Å²) in [6.45, 7) is 3.69.